The van der Waals surface area contributed by atoms with Gasteiger partial charge in [0.1, 0.15) is 5.82 Å². The average Bonchev–Trinajstić information content (AvgIpc) is 2.39. The fourth-order valence-electron chi connectivity index (χ4n) is 1.71. The van der Waals surface area contributed by atoms with E-state index in [1.807, 2.05) is 6.92 Å². The molecule has 0 bridgehead atoms. The number of hydrogen-bond acceptors (Lipinski definition) is 4. The summed E-state index contributed by atoms with van der Waals surface area (Å²) in [7, 11) is 0. The molecule has 20 heavy (non-hydrogen) atoms. The predicted molar refractivity (Wildman–Crippen MR) is 71.0 cm³/mol. The molecule has 0 heterocycles. The number of nitro benzene ring substituents is 1. The van der Waals surface area contributed by atoms with Gasteiger partial charge in [-0.15, -0.1) is 0 Å². The van der Waals surface area contributed by atoms with E-state index in [0.717, 1.165) is 12.1 Å². The highest BCUT2D eigenvalue weighted by atomic mass is 19.1. The number of nitrogens with one attached hydrogen (secondary N) is 1. The molecule has 0 saturated carbocycles. The second-order valence-electron chi connectivity index (χ2n) is 4.71. The molecular formula is C13H17FN2O4. The summed E-state index contributed by atoms with van der Waals surface area (Å²) in [5.74, 6) is -1.42. The molecule has 1 unspecified atom stereocenters. The van der Waals surface area contributed by atoms with E-state index in [1.54, 1.807) is 0 Å². The maximum absolute atomic E-state index is 13.8. The van der Waals surface area contributed by atoms with Gasteiger partial charge >= 0.3 is 0 Å². The van der Waals surface area contributed by atoms with Gasteiger partial charge in [0.05, 0.1) is 10.5 Å². The van der Waals surface area contributed by atoms with Crippen LogP contribution in [-0.4, -0.2) is 29.1 Å². The second-order valence-corrected chi connectivity index (χ2v) is 4.71. The van der Waals surface area contributed by atoms with E-state index in [9.17, 15) is 19.3 Å². The number of non-ortho nitro benzene ring substituents is 1. The van der Waals surface area contributed by atoms with Gasteiger partial charge in [0.25, 0.3) is 11.6 Å². The van der Waals surface area contributed by atoms with Crippen LogP contribution >= 0.6 is 0 Å². The van der Waals surface area contributed by atoms with Gasteiger partial charge in [0, 0.05) is 25.3 Å². The molecule has 110 valence electrons. The third-order valence-electron chi connectivity index (χ3n) is 2.93. The lowest BCUT2D eigenvalue weighted by Crippen LogP contribution is -2.29. The highest BCUT2D eigenvalue weighted by Gasteiger charge is 2.19. The molecule has 0 aliphatic rings. The Bertz CT molecular complexity index is 519. The first kappa shape index (κ1) is 16.0. The molecule has 1 amide bonds. The van der Waals surface area contributed by atoms with E-state index in [4.69, 9.17) is 5.11 Å². The molecule has 2 N–H and O–H groups in total. The van der Waals surface area contributed by atoms with Crippen molar-refractivity contribution in [2.24, 2.45) is 5.92 Å². The second kappa shape index (κ2) is 6.95. The van der Waals surface area contributed by atoms with Crippen LogP contribution < -0.4 is 5.32 Å². The summed E-state index contributed by atoms with van der Waals surface area (Å²) in [6, 6.07) is 2.01. The third-order valence-corrected chi connectivity index (χ3v) is 2.93. The van der Waals surface area contributed by atoms with Crippen LogP contribution in [0.1, 0.15) is 29.3 Å². The number of carbonyl (C=O) groups is 1. The molecule has 0 aromatic heterocycles. The molecule has 0 aliphatic carbocycles. The summed E-state index contributed by atoms with van der Waals surface area (Å²) >= 11 is 0. The Morgan fingerprint density at radius 3 is 2.75 bits per heavy atom. The molecule has 0 fully saturated rings. The monoisotopic (exact) mass is 284 g/mol. The number of hydrogen-bond donors (Lipinski definition) is 2. The highest BCUT2D eigenvalue weighted by molar-refractivity contribution is 5.95. The standard InChI is InChI=1S/C13H17FN2O4/c1-8(3-4-17)7-15-13(18)11-6-10(16(19)20)5-9(2)12(11)14/h5-6,8,17H,3-4,7H2,1-2H3,(H,15,18). The maximum atomic E-state index is 13.8. The maximum Gasteiger partial charge on any atom is 0.270 e. The number of halogens is 1. The minimum absolute atomic E-state index is 0.00130. The molecule has 6 nitrogen and oxygen atoms in total. The Morgan fingerprint density at radius 2 is 2.20 bits per heavy atom. The minimum Gasteiger partial charge on any atom is -0.396 e. The minimum atomic E-state index is -0.761. The Balaban J connectivity index is 2.89. The summed E-state index contributed by atoms with van der Waals surface area (Å²) in [5, 5.41) is 22.0. The van der Waals surface area contributed by atoms with Crippen molar-refractivity contribution in [3.63, 3.8) is 0 Å². The first-order valence-corrected chi connectivity index (χ1v) is 6.20. The van der Waals surface area contributed by atoms with Crippen LogP contribution in [0, 0.1) is 28.8 Å². The van der Waals surface area contributed by atoms with Crippen molar-refractivity contribution in [3.8, 4) is 0 Å². The van der Waals surface area contributed by atoms with Gasteiger partial charge in [-0.2, -0.15) is 0 Å². The number of carbonyl (C=O) groups excluding carboxylic acids is 1. The van der Waals surface area contributed by atoms with Crippen molar-refractivity contribution >= 4 is 11.6 Å². The highest BCUT2D eigenvalue weighted by Crippen LogP contribution is 2.21. The number of nitro groups is 1. The van der Waals surface area contributed by atoms with E-state index >= 15 is 0 Å². The normalized spacial score (nSPS) is 12.0. The van der Waals surface area contributed by atoms with Crippen molar-refractivity contribution < 1.29 is 19.2 Å². The number of aliphatic hydroxyl groups excluding tert-OH is 1. The van der Waals surface area contributed by atoms with E-state index < -0.39 is 16.6 Å². The summed E-state index contributed by atoms with van der Waals surface area (Å²) in [6.07, 6.45) is 0.511. The topological polar surface area (TPSA) is 92.5 Å². The number of aliphatic hydroxyl groups is 1. The van der Waals surface area contributed by atoms with Crippen molar-refractivity contribution in [2.45, 2.75) is 20.3 Å². The summed E-state index contributed by atoms with van der Waals surface area (Å²) < 4.78 is 13.8. The van der Waals surface area contributed by atoms with Crippen LogP contribution in [0.3, 0.4) is 0 Å². The molecule has 1 aromatic rings. The lowest BCUT2D eigenvalue weighted by atomic mass is 10.1. The molecule has 1 atom stereocenters. The molecule has 0 radical (unpaired) electrons. The van der Waals surface area contributed by atoms with Crippen molar-refractivity contribution in [3.05, 3.63) is 39.2 Å². The van der Waals surface area contributed by atoms with Gasteiger partial charge < -0.3 is 10.4 Å². The zero-order valence-electron chi connectivity index (χ0n) is 11.4. The average molecular weight is 284 g/mol. The number of nitrogens with zero attached hydrogens (tertiary/aromatic N) is 1. The van der Waals surface area contributed by atoms with Gasteiger partial charge in [0.2, 0.25) is 0 Å². The van der Waals surface area contributed by atoms with Crippen LogP contribution in [-0.2, 0) is 0 Å². The van der Waals surface area contributed by atoms with E-state index in [1.165, 1.54) is 6.92 Å². The molecular weight excluding hydrogens is 267 g/mol. The van der Waals surface area contributed by atoms with Crippen molar-refractivity contribution in [1.82, 2.24) is 5.32 Å². The Labute approximate surface area is 115 Å². The first-order chi connectivity index (χ1) is 9.36. The van der Waals surface area contributed by atoms with Gasteiger partial charge in [-0.05, 0) is 24.8 Å². The smallest absolute Gasteiger partial charge is 0.270 e. The number of benzene rings is 1. The lowest BCUT2D eigenvalue weighted by molar-refractivity contribution is -0.385. The zero-order chi connectivity index (χ0) is 15.3. The molecule has 7 heteroatoms. The predicted octanol–water partition coefficient (Wildman–Crippen LogP) is 1.79. The van der Waals surface area contributed by atoms with Crippen LogP contribution in [0.25, 0.3) is 0 Å². The summed E-state index contributed by atoms with van der Waals surface area (Å²) in [5.41, 5.74) is -0.613. The quantitative estimate of drug-likeness (QED) is 0.615. The van der Waals surface area contributed by atoms with E-state index in [2.05, 4.69) is 5.32 Å². The Morgan fingerprint density at radius 1 is 1.55 bits per heavy atom. The fourth-order valence-corrected chi connectivity index (χ4v) is 1.71. The largest absolute Gasteiger partial charge is 0.396 e. The fraction of sp³-hybridized carbons (Fsp3) is 0.462. The van der Waals surface area contributed by atoms with Gasteiger partial charge in [-0.1, -0.05) is 6.92 Å². The molecule has 0 spiro atoms. The third kappa shape index (κ3) is 3.99. The molecule has 1 rings (SSSR count). The van der Waals surface area contributed by atoms with Crippen LogP contribution in [0.15, 0.2) is 12.1 Å². The number of rotatable bonds is 6. The summed E-state index contributed by atoms with van der Waals surface area (Å²) in [4.78, 5) is 21.9. The SMILES string of the molecule is Cc1cc([N+](=O)[O-])cc(C(=O)NCC(C)CCO)c1F. The van der Waals surface area contributed by atoms with Crippen molar-refractivity contribution in [2.75, 3.05) is 13.2 Å². The van der Waals surface area contributed by atoms with E-state index in [-0.39, 0.29) is 35.9 Å². The van der Waals surface area contributed by atoms with Gasteiger partial charge in [-0.3, -0.25) is 14.9 Å². The van der Waals surface area contributed by atoms with Gasteiger partial charge in [0.15, 0.2) is 0 Å². The number of amides is 1. The van der Waals surface area contributed by atoms with Gasteiger partial charge in [-0.25, -0.2) is 4.39 Å². The Kier molecular flexibility index (Phi) is 5.57. The first-order valence-electron chi connectivity index (χ1n) is 6.20. The van der Waals surface area contributed by atoms with E-state index in [0.29, 0.717) is 6.42 Å². The van der Waals surface area contributed by atoms with Crippen LogP contribution in [0.5, 0.6) is 0 Å². The Hall–Kier alpha value is -2.02. The number of aryl methyl sites for hydroxylation is 1. The molecule has 0 saturated heterocycles. The lowest BCUT2D eigenvalue weighted by Gasteiger charge is -2.12. The summed E-state index contributed by atoms with van der Waals surface area (Å²) in [6.45, 7) is 3.46. The van der Waals surface area contributed by atoms with Crippen LogP contribution in [0.4, 0.5) is 10.1 Å². The molecule has 1 aromatic carbocycles. The zero-order valence-corrected chi connectivity index (χ0v) is 11.4. The van der Waals surface area contributed by atoms with Crippen LogP contribution in [0.2, 0.25) is 0 Å². The van der Waals surface area contributed by atoms with Crippen molar-refractivity contribution in [1.29, 1.82) is 0 Å². The molecule has 0 aliphatic heterocycles.